The Hall–Kier alpha value is -1.59. The van der Waals surface area contributed by atoms with Crippen LogP contribution in [0.4, 0.5) is 5.69 Å². The number of benzene rings is 1. The van der Waals surface area contributed by atoms with Crippen molar-refractivity contribution in [3.8, 4) is 5.75 Å². The standard InChI is InChI=1S/C15H22N2O3/c1-20-13-7-3-2-6-12(13)17-14(19)10-16-15(11-18)8-4-5-9-15/h2-3,6-7,16,18H,4-5,8-11H2,1H3,(H,17,19). The maximum absolute atomic E-state index is 12.0. The van der Waals surface area contributed by atoms with Crippen LogP contribution in [0.2, 0.25) is 0 Å². The molecule has 1 saturated carbocycles. The second-order valence-electron chi connectivity index (χ2n) is 5.25. The molecule has 0 bridgehead atoms. The van der Waals surface area contributed by atoms with Crippen LogP contribution in [0.5, 0.6) is 5.75 Å². The van der Waals surface area contributed by atoms with Crippen molar-refractivity contribution in [3.05, 3.63) is 24.3 Å². The Bertz CT molecular complexity index is 456. The molecule has 1 aromatic rings. The maximum atomic E-state index is 12.0. The summed E-state index contributed by atoms with van der Waals surface area (Å²) >= 11 is 0. The van der Waals surface area contributed by atoms with E-state index in [9.17, 15) is 9.90 Å². The Kier molecular flexibility index (Phi) is 4.98. The first kappa shape index (κ1) is 14.8. The number of amides is 1. The molecule has 0 unspecified atom stereocenters. The van der Waals surface area contributed by atoms with Crippen molar-refractivity contribution in [1.29, 1.82) is 0 Å². The molecule has 0 heterocycles. The largest absolute Gasteiger partial charge is 0.495 e. The van der Waals surface area contributed by atoms with E-state index in [1.54, 1.807) is 19.2 Å². The molecular weight excluding hydrogens is 256 g/mol. The number of carbonyl (C=O) groups is 1. The molecule has 5 nitrogen and oxygen atoms in total. The van der Waals surface area contributed by atoms with Gasteiger partial charge in [0.1, 0.15) is 5.75 Å². The summed E-state index contributed by atoms with van der Waals surface area (Å²) in [6.45, 7) is 0.271. The molecule has 0 aliphatic heterocycles. The van der Waals surface area contributed by atoms with Crippen molar-refractivity contribution in [2.75, 3.05) is 25.6 Å². The lowest BCUT2D eigenvalue weighted by Gasteiger charge is -2.27. The third-order valence-electron chi connectivity index (χ3n) is 3.87. The Balaban J connectivity index is 1.89. The molecule has 1 amide bonds. The van der Waals surface area contributed by atoms with E-state index in [-0.39, 0.29) is 24.6 Å². The van der Waals surface area contributed by atoms with Gasteiger partial charge < -0.3 is 20.5 Å². The van der Waals surface area contributed by atoms with E-state index < -0.39 is 0 Å². The molecule has 1 fully saturated rings. The van der Waals surface area contributed by atoms with Crippen LogP contribution in [0.3, 0.4) is 0 Å². The van der Waals surface area contributed by atoms with Crippen molar-refractivity contribution < 1.29 is 14.6 Å². The summed E-state index contributed by atoms with van der Waals surface area (Å²) in [5, 5.41) is 15.5. The highest BCUT2D eigenvalue weighted by molar-refractivity contribution is 5.93. The van der Waals surface area contributed by atoms with Gasteiger partial charge in [-0.2, -0.15) is 0 Å². The lowest BCUT2D eigenvalue weighted by Crippen LogP contribution is -2.49. The summed E-state index contributed by atoms with van der Waals surface area (Å²) in [6.07, 6.45) is 4.04. The number of aliphatic hydroxyl groups is 1. The van der Waals surface area contributed by atoms with Crippen LogP contribution in [0, 0.1) is 0 Å². The van der Waals surface area contributed by atoms with E-state index in [1.807, 2.05) is 12.1 Å². The van der Waals surface area contributed by atoms with Gasteiger partial charge in [-0.1, -0.05) is 25.0 Å². The van der Waals surface area contributed by atoms with Crippen LogP contribution < -0.4 is 15.4 Å². The molecular formula is C15H22N2O3. The van der Waals surface area contributed by atoms with Gasteiger partial charge in [0, 0.05) is 5.54 Å². The highest BCUT2D eigenvalue weighted by atomic mass is 16.5. The molecule has 2 rings (SSSR count). The molecule has 0 aromatic heterocycles. The Morgan fingerprint density at radius 3 is 2.70 bits per heavy atom. The number of rotatable bonds is 6. The number of hydrogen-bond acceptors (Lipinski definition) is 4. The van der Waals surface area contributed by atoms with Crippen molar-refractivity contribution in [2.45, 2.75) is 31.2 Å². The molecule has 110 valence electrons. The summed E-state index contributed by atoms with van der Waals surface area (Å²) in [5.41, 5.74) is 0.379. The van der Waals surface area contributed by atoms with E-state index in [2.05, 4.69) is 10.6 Å². The van der Waals surface area contributed by atoms with Crippen LogP contribution in [-0.4, -0.2) is 36.8 Å². The summed E-state index contributed by atoms with van der Waals surface area (Å²) in [5.74, 6) is 0.507. The van der Waals surface area contributed by atoms with Crippen LogP contribution in [0.15, 0.2) is 24.3 Å². The number of hydrogen-bond donors (Lipinski definition) is 3. The van der Waals surface area contributed by atoms with Gasteiger partial charge in [-0.05, 0) is 25.0 Å². The zero-order valence-electron chi connectivity index (χ0n) is 11.8. The minimum Gasteiger partial charge on any atom is -0.495 e. The second kappa shape index (κ2) is 6.72. The number of anilines is 1. The van der Waals surface area contributed by atoms with Crippen LogP contribution in [0.1, 0.15) is 25.7 Å². The van der Waals surface area contributed by atoms with Gasteiger partial charge in [0.15, 0.2) is 0 Å². The molecule has 0 radical (unpaired) electrons. The predicted molar refractivity (Wildman–Crippen MR) is 77.9 cm³/mol. The minimum atomic E-state index is -0.280. The average Bonchev–Trinajstić information content (AvgIpc) is 2.95. The van der Waals surface area contributed by atoms with E-state index in [4.69, 9.17) is 4.74 Å². The molecule has 20 heavy (non-hydrogen) atoms. The number of nitrogens with one attached hydrogen (secondary N) is 2. The fraction of sp³-hybridized carbons (Fsp3) is 0.533. The van der Waals surface area contributed by atoms with E-state index in [1.165, 1.54) is 0 Å². The molecule has 0 atom stereocenters. The first-order chi connectivity index (χ1) is 9.69. The quantitative estimate of drug-likeness (QED) is 0.738. The number of para-hydroxylation sites is 2. The summed E-state index contributed by atoms with van der Waals surface area (Å²) < 4.78 is 5.19. The first-order valence-electron chi connectivity index (χ1n) is 6.98. The normalized spacial score (nSPS) is 16.9. The predicted octanol–water partition coefficient (Wildman–Crippen LogP) is 1.53. The first-order valence-corrected chi connectivity index (χ1v) is 6.98. The Labute approximate surface area is 119 Å². The monoisotopic (exact) mass is 278 g/mol. The summed E-state index contributed by atoms with van der Waals surface area (Å²) in [4.78, 5) is 12.0. The zero-order valence-corrected chi connectivity index (χ0v) is 11.8. The van der Waals surface area contributed by atoms with Gasteiger partial charge in [-0.3, -0.25) is 4.79 Å². The average molecular weight is 278 g/mol. The molecule has 1 aliphatic carbocycles. The van der Waals surface area contributed by atoms with Crippen LogP contribution >= 0.6 is 0 Å². The molecule has 5 heteroatoms. The lowest BCUT2D eigenvalue weighted by atomic mass is 9.99. The summed E-state index contributed by atoms with van der Waals surface area (Å²) in [7, 11) is 1.57. The van der Waals surface area contributed by atoms with Gasteiger partial charge in [-0.25, -0.2) is 0 Å². The van der Waals surface area contributed by atoms with Gasteiger partial charge in [0.05, 0.1) is 25.9 Å². The Morgan fingerprint density at radius 1 is 1.35 bits per heavy atom. The maximum Gasteiger partial charge on any atom is 0.238 e. The molecule has 1 aromatic carbocycles. The fourth-order valence-electron chi connectivity index (χ4n) is 2.65. The SMILES string of the molecule is COc1ccccc1NC(=O)CNC1(CO)CCCC1. The Morgan fingerprint density at radius 2 is 2.05 bits per heavy atom. The molecule has 0 spiro atoms. The van der Waals surface area contributed by atoms with E-state index >= 15 is 0 Å². The van der Waals surface area contributed by atoms with Gasteiger partial charge in [0.2, 0.25) is 5.91 Å². The van der Waals surface area contributed by atoms with Crippen molar-refractivity contribution in [3.63, 3.8) is 0 Å². The highest BCUT2D eigenvalue weighted by Gasteiger charge is 2.32. The number of ether oxygens (including phenoxy) is 1. The number of methoxy groups -OCH3 is 1. The number of aliphatic hydroxyl groups excluding tert-OH is 1. The van der Waals surface area contributed by atoms with Crippen LogP contribution in [0.25, 0.3) is 0 Å². The van der Waals surface area contributed by atoms with Gasteiger partial charge in [-0.15, -0.1) is 0 Å². The molecule has 3 N–H and O–H groups in total. The lowest BCUT2D eigenvalue weighted by molar-refractivity contribution is -0.115. The van der Waals surface area contributed by atoms with Crippen molar-refractivity contribution >= 4 is 11.6 Å². The zero-order chi connectivity index (χ0) is 14.4. The van der Waals surface area contributed by atoms with Crippen LogP contribution in [-0.2, 0) is 4.79 Å². The third-order valence-corrected chi connectivity index (χ3v) is 3.87. The van der Waals surface area contributed by atoms with Gasteiger partial charge in [0.25, 0.3) is 0 Å². The van der Waals surface area contributed by atoms with Crippen molar-refractivity contribution in [2.24, 2.45) is 0 Å². The highest BCUT2D eigenvalue weighted by Crippen LogP contribution is 2.29. The topological polar surface area (TPSA) is 70.6 Å². The third kappa shape index (κ3) is 3.49. The second-order valence-corrected chi connectivity index (χ2v) is 5.25. The number of carbonyl (C=O) groups excluding carboxylic acids is 1. The summed E-state index contributed by atoms with van der Waals surface area (Å²) in [6, 6.07) is 7.30. The minimum absolute atomic E-state index is 0.0783. The van der Waals surface area contributed by atoms with Crippen molar-refractivity contribution in [1.82, 2.24) is 5.32 Å². The van der Waals surface area contributed by atoms with Gasteiger partial charge >= 0.3 is 0 Å². The fourth-order valence-corrected chi connectivity index (χ4v) is 2.65. The van der Waals surface area contributed by atoms with E-state index in [0.717, 1.165) is 25.7 Å². The molecule has 1 aliphatic rings. The smallest absolute Gasteiger partial charge is 0.238 e. The van der Waals surface area contributed by atoms with E-state index in [0.29, 0.717) is 11.4 Å². The molecule has 0 saturated heterocycles.